The summed E-state index contributed by atoms with van der Waals surface area (Å²) in [5.41, 5.74) is 5.23. The van der Waals surface area contributed by atoms with Crippen molar-refractivity contribution >= 4 is 5.91 Å². The van der Waals surface area contributed by atoms with E-state index in [9.17, 15) is 9.90 Å². The molecule has 0 aromatic carbocycles. The van der Waals surface area contributed by atoms with Gasteiger partial charge in [0.15, 0.2) is 0 Å². The average Bonchev–Trinajstić information content (AvgIpc) is 2.22. The van der Waals surface area contributed by atoms with E-state index in [0.29, 0.717) is 13.2 Å². The Hall–Kier alpha value is -0.650. The zero-order valence-corrected chi connectivity index (χ0v) is 8.95. The maximum Gasteiger partial charge on any atom is 0.246 e. The molecule has 1 aliphatic rings. The monoisotopic (exact) mass is 216 g/mol. The summed E-state index contributed by atoms with van der Waals surface area (Å²) in [4.78, 5) is 11.3. The number of nitrogens with one attached hydrogen (secondary N) is 1. The predicted octanol–water partition coefficient (Wildman–Crippen LogP) is -0.619. The molecule has 1 saturated carbocycles. The van der Waals surface area contributed by atoms with Crippen molar-refractivity contribution in [3.8, 4) is 0 Å². The Kier molecular flexibility index (Phi) is 5.60. The molecule has 88 valence electrons. The Labute approximate surface area is 90.0 Å². The number of ether oxygens (including phenoxy) is 1. The van der Waals surface area contributed by atoms with Gasteiger partial charge in [-0.3, -0.25) is 4.79 Å². The van der Waals surface area contributed by atoms with Crippen LogP contribution in [0.1, 0.15) is 25.7 Å². The number of aliphatic hydroxyl groups excluding tert-OH is 1. The molecule has 5 nitrogen and oxygen atoms in total. The molecule has 0 aromatic rings. The Morgan fingerprint density at radius 3 is 2.67 bits per heavy atom. The van der Waals surface area contributed by atoms with Gasteiger partial charge < -0.3 is 20.9 Å². The second-order valence-electron chi connectivity index (χ2n) is 3.91. The lowest BCUT2D eigenvalue weighted by Crippen LogP contribution is -2.40. The van der Waals surface area contributed by atoms with Crippen LogP contribution in [0, 0.1) is 0 Å². The van der Waals surface area contributed by atoms with E-state index >= 15 is 0 Å². The lowest BCUT2D eigenvalue weighted by Gasteiger charge is -2.26. The molecule has 0 aromatic heterocycles. The zero-order valence-electron chi connectivity index (χ0n) is 8.95. The van der Waals surface area contributed by atoms with E-state index in [-0.39, 0.29) is 24.7 Å². The first-order chi connectivity index (χ1) is 7.22. The number of carbonyl (C=O) groups excluding carboxylic acids is 1. The molecule has 1 rings (SSSR count). The summed E-state index contributed by atoms with van der Waals surface area (Å²) in [5, 5.41) is 12.2. The number of carbonyl (C=O) groups is 1. The molecule has 1 fully saturated rings. The van der Waals surface area contributed by atoms with E-state index in [1.165, 1.54) is 0 Å². The van der Waals surface area contributed by atoms with Crippen molar-refractivity contribution in [3.63, 3.8) is 0 Å². The molecule has 0 radical (unpaired) electrons. The minimum absolute atomic E-state index is 0.0796. The fourth-order valence-electron chi connectivity index (χ4n) is 1.74. The van der Waals surface area contributed by atoms with Crippen LogP contribution in [0.2, 0.25) is 0 Å². The van der Waals surface area contributed by atoms with Gasteiger partial charge in [0.05, 0.1) is 12.7 Å². The van der Waals surface area contributed by atoms with Gasteiger partial charge in [0.2, 0.25) is 5.91 Å². The first kappa shape index (κ1) is 12.4. The van der Waals surface area contributed by atoms with Crippen molar-refractivity contribution in [3.05, 3.63) is 0 Å². The topological polar surface area (TPSA) is 84.6 Å². The fourth-order valence-corrected chi connectivity index (χ4v) is 1.74. The number of hydrogen-bond acceptors (Lipinski definition) is 4. The molecule has 15 heavy (non-hydrogen) atoms. The number of rotatable bonds is 5. The SMILES string of the molecule is NCCOCC(=O)NC1CCC(O)CC1. The summed E-state index contributed by atoms with van der Waals surface area (Å²) in [6.45, 7) is 0.927. The molecule has 0 aliphatic heterocycles. The molecule has 1 aliphatic carbocycles. The molecule has 0 atom stereocenters. The van der Waals surface area contributed by atoms with Gasteiger partial charge in [-0.1, -0.05) is 0 Å². The molecular formula is C10H20N2O3. The molecule has 0 spiro atoms. The van der Waals surface area contributed by atoms with E-state index in [0.717, 1.165) is 25.7 Å². The van der Waals surface area contributed by atoms with Gasteiger partial charge in [-0.2, -0.15) is 0 Å². The lowest BCUT2D eigenvalue weighted by molar-refractivity contribution is -0.126. The minimum atomic E-state index is -0.188. The van der Waals surface area contributed by atoms with Crippen molar-refractivity contribution in [2.24, 2.45) is 5.73 Å². The highest BCUT2D eigenvalue weighted by Gasteiger charge is 2.20. The van der Waals surface area contributed by atoms with Crippen LogP contribution in [0.4, 0.5) is 0 Å². The number of hydrogen-bond donors (Lipinski definition) is 3. The molecule has 1 amide bonds. The predicted molar refractivity (Wildman–Crippen MR) is 56.3 cm³/mol. The van der Waals surface area contributed by atoms with E-state index < -0.39 is 0 Å². The van der Waals surface area contributed by atoms with Gasteiger partial charge in [-0.15, -0.1) is 0 Å². The van der Waals surface area contributed by atoms with Gasteiger partial charge in [0, 0.05) is 12.6 Å². The van der Waals surface area contributed by atoms with Crippen molar-refractivity contribution in [2.75, 3.05) is 19.8 Å². The second kappa shape index (κ2) is 6.76. The third-order valence-corrected chi connectivity index (χ3v) is 2.56. The Morgan fingerprint density at radius 2 is 2.07 bits per heavy atom. The summed E-state index contributed by atoms with van der Waals surface area (Å²) in [6.07, 6.45) is 3.06. The standard InChI is InChI=1S/C10H20N2O3/c11-5-6-15-7-10(14)12-8-1-3-9(13)4-2-8/h8-9,13H,1-7,11H2,(H,12,14). The van der Waals surface area contributed by atoms with Crippen molar-refractivity contribution in [2.45, 2.75) is 37.8 Å². The van der Waals surface area contributed by atoms with Gasteiger partial charge in [0.25, 0.3) is 0 Å². The number of nitrogens with two attached hydrogens (primary N) is 1. The third kappa shape index (κ3) is 5.11. The smallest absolute Gasteiger partial charge is 0.246 e. The second-order valence-corrected chi connectivity index (χ2v) is 3.91. The number of amides is 1. The maximum absolute atomic E-state index is 11.3. The Morgan fingerprint density at radius 1 is 1.40 bits per heavy atom. The molecular weight excluding hydrogens is 196 g/mol. The van der Waals surface area contributed by atoms with E-state index in [4.69, 9.17) is 10.5 Å². The highest BCUT2D eigenvalue weighted by atomic mass is 16.5. The summed E-state index contributed by atoms with van der Waals surface area (Å²) < 4.78 is 5.02. The normalized spacial score (nSPS) is 26.3. The first-order valence-electron chi connectivity index (χ1n) is 5.47. The molecule has 0 unspecified atom stereocenters. The van der Waals surface area contributed by atoms with Gasteiger partial charge >= 0.3 is 0 Å². The van der Waals surface area contributed by atoms with Crippen molar-refractivity contribution in [1.29, 1.82) is 0 Å². The van der Waals surface area contributed by atoms with E-state index in [1.807, 2.05) is 0 Å². The number of aliphatic hydroxyl groups is 1. The summed E-state index contributed by atoms with van der Waals surface area (Å²) in [7, 11) is 0. The van der Waals surface area contributed by atoms with Crippen molar-refractivity contribution < 1.29 is 14.6 Å². The summed E-state index contributed by atoms with van der Waals surface area (Å²) >= 11 is 0. The molecule has 5 heteroatoms. The van der Waals surface area contributed by atoms with Crippen LogP contribution in [-0.4, -0.2) is 42.9 Å². The van der Waals surface area contributed by atoms with Crippen LogP contribution in [0.25, 0.3) is 0 Å². The maximum atomic E-state index is 11.3. The molecule has 0 saturated heterocycles. The largest absolute Gasteiger partial charge is 0.393 e. The van der Waals surface area contributed by atoms with Crippen LogP contribution in [0.5, 0.6) is 0 Å². The Balaban J connectivity index is 2.09. The van der Waals surface area contributed by atoms with Crippen LogP contribution >= 0.6 is 0 Å². The minimum Gasteiger partial charge on any atom is -0.393 e. The molecule has 0 heterocycles. The van der Waals surface area contributed by atoms with Crippen LogP contribution in [0.15, 0.2) is 0 Å². The van der Waals surface area contributed by atoms with E-state index in [1.54, 1.807) is 0 Å². The quantitative estimate of drug-likeness (QED) is 0.535. The van der Waals surface area contributed by atoms with Crippen molar-refractivity contribution in [1.82, 2.24) is 5.32 Å². The molecule has 0 bridgehead atoms. The highest BCUT2D eigenvalue weighted by Crippen LogP contribution is 2.17. The summed E-state index contributed by atoms with van der Waals surface area (Å²) in [5.74, 6) is -0.0927. The van der Waals surface area contributed by atoms with Gasteiger partial charge in [-0.25, -0.2) is 0 Å². The summed E-state index contributed by atoms with van der Waals surface area (Å²) in [6, 6.07) is 0.197. The third-order valence-electron chi connectivity index (χ3n) is 2.56. The lowest BCUT2D eigenvalue weighted by atomic mass is 9.93. The Bertz CT molecular complexity index is 191. The van der Waals surface area contributed by atoms with Gasteiger partial charge in [0.1, 0.15) is 6.61 Å². The van der Waals surface area contributed by atoms with Gasteiger partial charge in [-0.05, 0) is 25.7 Å². The van der Waals surface area contributed by atoms with E-state index in [2.05, 4.69) is 5.32 Å². The van der Waals surface area contributed by atoms with Crippen LogP contribution in [-0.2, 0) is 9.53 Å². The highest BCUT2D eigenvalue weighted by molar-refractivity contribution is 5.77. The van der Waals surface area contributed by atoms with Crippen LogP contribution in [0.3, 0.4) is 0 Å². The average molecular weight is 216 g/mol. The fraction of sp³-hybridized carbons (Fsp3) is 0.900. The molecule has 4 N–H and O–H groups in total. The van der Waals surface area contributed by atoms with Crippen LogP contribution < -0.4 is 11.1 Å². The first-order valence-corrected chi connectivity index (χ1v) is 5.47. The zero-order chi connectivity index (χ0) is 11.1.